The van der Waals surface area contributed by atoms with Crippen LogP contribution in [-0.4, -0.2) is 48.4 Å². The van der Waals surface area contributed by atoms with Crippen molar-refractivity contribution in [3.63, 3.8) is 0 Å². The van der Waals surface area contributed by atoms with Crippen LogP contribution in [0.15, 0.2) is 49.6 Å². The second-order valence-corrected chi connectivity index (χ2v) is 3.77. The van der Waals surface area contributed by atoms with E-state index in [1.807, 2.05) is 0 Å². The highest BCUT2D eigenvalue weighted by atomic mass is 16.5. The maximum atomic E-state index is 10.5. The average molecular weight is 328 g/mol. The molecule has 0 radical (unpaired) electrons. The van der Waals surface area contributed by atoms with E-state index < -0.39 is 11.9 Å². The van der Waals surface area contributed by atoms with Crippen molar-refractivity contribution in [3.05, 3.63) is 49.6 Å². The van der Waals surface area contributed by atoms with Gasteiger partial charge in [-0.15, -0.1) is 6.58 Å². The maximum Gasteiger partial charge on any atom is 0.333 e. The fourth-order valence-corrected chi connectivity index (χ4v) is 0.663. The Balaban J connectivity index is -0.000000273. The number of rotatable bonds is 7. The zero-order valence-corrected chi connectivity index (χ0v) is 13.5. The molecular weight excluding hydrogens is 304 g/mol. The van der Waals surface area contributed by atoms with Crippen LogP contribution in [-0.2, 0) is 23.9 Å². The van der Waals surface area contributed by atoms with Crippen molar-refractivity contribution in [2.24, 2.45) is 0 Å². The molecule has 2 N–H and O–H groups in total. The van der Waals surface area contributed by atoms with Crippen LogP contribution in [0.2, 0.25) is 0 Å². The molecule has 0 heterocycles. The van der Waals surface area contributed by atoms with Gasteiger partial charge in [-0.1, -0.05) is 25.8 Å². The number of carbonyl (C=O) groups is 3. The Bertz CT molecular complexity index is 436. The van der Waals surface area contributed by atoms with E-state index in [-0.39, 0.29) is 19.2 Å². The molecule has 0 aromatic rings. The molecule has 0 rings (SSSR count). The SMILES string of the molecule is C=C(C)C(=O)OCCO.C=CC(=O)O.C=CCC(=C)C(=O)OC. The Hall–Kier alpha value is -2.67. The van der Waals surface area contributed by atoms with Gasteiger partial charge in [0.15, 0.2) is 0 Å². The Labute approximate surface area is 136 Å². The summed E-state index contributed by atoms with van der Waals surface area (Å²) >= 11 is 0. The van der Waals surface area contributed by atoms with Crippen LogP contribution >= 0.6 is 0 Å². The molecule has 0 unspecified atom stereocenters. The molecule has 23 heavy (non-hydrogen) atoms. The van der Waals surface area contributed by atoms with Gasteiger partial charge in [-0.25, -0.2) is 14.4 Å². The Morgan fingerprint density at radius 1 is 1.13 bits per heavy atom. The average Bonchev–Trinajstić information content (AvgIpc) is 2.52. The first-order valence-electron chi connectivity index (χ1n) is 6.33. The molecular formula is C16H24O7. The first-order valence-corrected chi connectivity index (χ1v) is 6.33. The lowest BCUT2D eigenvalue weighted by atomic mass is 10.2. The molecule has 0 saturated heterocycles. The fraction of sp³-hybridized carbons (Fsp3) is 0.312. The zero-order chi connectivity index (χ0) is 18.8. The summed E-state index contributed by atoms with van der Waals surface area (Å²) < 4.78 is 8.84. The van der Waals surface area contributed by atoms with Crippen molar-refractivity contribution in [2.45, 2.75) is 13.3 Å². The van der Waals surface area contributed by atoms with Crippen molar-refractivity contribution >= 4 is 17.9 Å². The Morgan fingerprint density at radius 2 is 1.61 bits per heavy atom. The second kappa shape index (κ2) is 17.4. The Morgan fingerprint density at radius 3 is 1.87 bits per heavy atom. The van der Waals surface area contributed by atoms with Crippen LogP contribution in [0.4, 0.5) is 0 Å². The van der Waals surface area contributed by atoms with E-state index in [1.54, 1.807) is 13.0 Å². The van der Waals surface area contributed by atoms with E-state index >= 15 is 0 Å². The molecule has 7 nitrogen and oxygen atoms in total. The lowest BCUT2D eigenvalue weighted by Gasteiger charge is -1.99. The first kappa shape index (κ1) is 25.3. The van der Waals surface area contributed by atoms with Crippen LogP contribution < -0.4 is 0 Å². The molecule has 0 aromatic carbocycles. The monoisotopic (exact) mass is 328 g/mol. The van der Waals surface area contributed by atoms with Gasteiger partial charge in [0.25, 0.3) is 0 Å². The van der Waals surface area contributed by atoms with Crippen molar-refractivity contribution in [1.82, 2.24) is 0 Å². The van der Waals surface area contributed by atoms with Gasteiger partial charge in [-0.05, 0) is 13.3 Å². The summed E-state index contributed by atoms with van der Waals surface area (Å²) in [7, 11) is 1.33. The molecule has 130 valence electrons. The van der Waals surface area contributed by atoms with E-state index in [9.17, 15) is 14.4 Å². The number of aliphatic hydroxyl groups is 1. The highest BCUT2D eigenvalue weighted by molar-refractivity contribution is 5.87. The van der Waals surface area contributed by atoms with Gasteiger partial charge in [-0.2, -0.15) is 0 Å². The maximum absolute atomic E-state index is 10.5. The number of esters is 2. The number of aliphatic carboxylic acids is 1. The van der Waals surface area contributed by atoms with Gasteiger partial charge in [0.2, 0.25) is 0 Å². The third-order valence-corrected chi connectivity index (χ3v) is 1.71. The zero-order valence-electron chi connectivity index (χ0n) is 13.5. The number of carboxylic acids is 1. The first-order chi connectivity index (χ1) is 10.7. The highest BCUT2D eigenvalue weighted by Crippen LogP contribution is 1.99. The molecule has 0 saturated carbocycles. The lowest BCUT2D eigenvalue weighted by Crippen LogP contribution is -2.08. The lowest BCUT2D eigenvalue weighted by molar-refractivity contribution is -0.140. The minimum Gasteiger partial charge on any atom is -0.478 e. The van der Waals surface area contributed by atoms with Gasteiger partial charge in [-0.3, -0.25) is 0 Å². The van der Waals surface area contributed by atoms with Gasteiger partial charge < -0.3 is 19.7 Å². The van der Waals surface area contributed by atoms with Crippen molar-refractivity contribution in [2.75, 3.05) is 20.3 Å². The van der Waals surface area contributed by atoms with Crippen LogP contribution in [0.5, 0.6) is 0 Å². The smallest absolute Gasteiger partial charge is 0.333 e. The number of hydrogen-bond acceptors (Lipinski definition) is 6. The molecule has 0 spiro atoms. The Kier molecular flexibility index (Phi) is 19.1. The van der Waals surface area contributed by atoms with E-state index in [0.717, 1.165) is 6.08 Å². The second-order valence-electron chi connectivity index (χ2n) is 3.77. The fourth-order valence-electron chi connectivity index (χ4n) is 0.663. The summed E-state index contributed by atoms with van der Waals surface area (Å²) in [4.78, 5) is 30.3. The third-order valence-electron chi connectivity index (χ3n) is 1.71. The standard InChI is InChI=1S/C7H10O2.C6H10O3.C3H4O2/c1-4-5-6(2)7(8)9-3;1-5(2)6(8)9-4-3-7;1-2-3(4)5/h4H,1-2,5H2,3H3;7H,1,3-4H2,2H3;2H,1H2,(H,4,5). The molecule has 0 bridgehead atoms. The summed E-state index contributed by atoms with van der Waals surface area (Å²) in [5.41, 5.74) is 0.788. The van der Waals surface area contributed by atoms with Gasteiger partial charge >= 0.3 is 17.9 Å². The van der Waals surface area contributed by atoms with Gasteiger partial charge in [0, 0.05) is 17.2 Å². The minimum atomic E-state index is -0.981. The van der Waals surface area contributed by atoms with E-state index in [0.29, 0.717) is 17.6 Å². The van der Waals surface area contributed by atoms with Crippen molar-refractivity contribution in [3.8, 4) is 0 Å². The van der Waals surface area contributed by atoms with E-state index in [1.165, 1.54) is 7.11 Å². The van der Waals surface area contributed by atoms with Crippen molar-refractivity contribution < 1.29 is 34.1 Å². The number of carbonyl (C=O) groups excluding carboxylic acids is 2. The summed E-state index contributed by atoms with van der Waals surface area (Å²) in [6, 6.07) is 0. The van der Waals surface area contributed by atoms with Gasteiger partial charge in [0.1, 0.15) is 6.61 Å². The summed E-state index contributed by atoms with van der Waals surface area (Å²) in [5, 5.41) is 15.8. The number of carboxylic acid groups (broad SMARTS) is 1. The number of aliphatic hydroxyl groups excluding tert-OH is 1. The van der Waals surface area contributed by atoms with Crippen LogP contribution in [0.1, 0.15) is 13.3 Å². The van der Waals surface area contributed by atoms with E-state index in [4.69, 9.17) is 10.2 Å². The molecule has 0 aliphatic carbocycles. The van der Waals surface area contributed by atoms with E-state index in [2.05, 4.69) is 35.8 Å². The molecule has 0 atom stereocenters. The number of allylic oxidation sites excluding steroid dienone is 1. The van der Waals surface area contributed by atoms with Crippen molar-refractivity contribution in [1.29, 1.82) is 0 Å². The highest BCUT2D eigenvalue weighted by Gasteiger charge is 2.02. The molecule has 7 heteroatoms. The summed E-state index contributed by atoms with van der Waals surface area (Å²) in [5.74, 6) is -1.80. The van der Waals surface area contributed by atoms with Crippen LogP contribution in [0.25, 0.3) is 0 Å². The normalized spacial score (nSPS) is 7.96. The van der Waals surface area contributed by atoms with Crippen LogP contribution in [0, 0.1) is 0 Å². The van der Waals surface area contributed by atoms with Gasteiger partial charge in [0.05, 0.1) is 13.7 Å². The number of hydrogen-bond donors (Lipinski definition) is 2. The van der Waals surface area contributed by atoms with Crippen LogP contribution in [0.3, 0.4) is 0 Å². The number of methoxy groups -OCH3 is 1. The largest absolute Gasteiger partial charge is 0.478 e. The minimum absolute atomic E-state index is 0.0473. The molecule has 0 amide bonds. The molecule has 0 aliphatic rings. The predicted molar refractivity (Wildman–Crippen MR) is 86.7 cm³/mol. The predicted octanol–water partition coefficient (Wildman–Crippen LogP) is 1.65. The topological polar surface area (TPSA) is 110 Å². The number of ether oxygens (including phenoxy) is 2. The third kappa shape index (κ3) is 21.8. The quantitative estimate of drug-likeness (QED) is 0.415. The molecule has 0 aromatic heterocycles. The molecule has 0 aliphatic heterocycles. The molecule has 0 fully saturated rings. The summed E-state index contributed by atoms with van der Waals surface area (Å²) in [6.45, 7) is 14.7. The summed E-state index contributed by atoms with van der Waals surface area (Å²) in [6.07, 6.45) is 2.94.